The molecule has 0 atom stereocenters. The van der Waals surface area contributed by atoms with Gasteiger partial charge in [0.1, 0.15) is 129 Å². The summed E-state index contributed by atoms with van der Waals surface area (Å²) in [6, 6.07) is 20.3. The Hall–Kier alpha value is -5.43. The van der Waals surface area contributed by atoms with Crippen molar-refractivity contribution in [2.45, 2.75) is 0 Å². The minimum absolute atomic E-state index is 0.622. The van der Waals surface area contributed by atoms with Gasteiger partial charge in [0.05, 0.1) is 0 Å². The van der Waals surface area contributed by atoms with Gasteiger partial charge in [-0.15, -0.1) is 10.9 Å². The third kappa shape index (κ3) is 6.00. The van der Waals surface area contributed by atoms with Gasteiger partial charge in [-0.25, -0.2) is 19.9 Å². The predicted molar refractivity (Wildman–Crippen MR) is 306 cm³/mol. The number of oxazole rings is 1. The molecule has 0 amide bonds. The van der Waals surface area contributed by atoms with Crippen LogP contribution in [0.3, 0.4) is 0 Å². The van der Waals surface area contributed by atoms with E-state index in [4.69, 9.17) is 24.4 Å². The zero-order valence-electron chi connectivity index (χ0n) is 38.4. The second-order valence-corrected chi connectivity index (χ2v) is 17.5. The largest absolute Gasteiger partial charge is 0.437 e. The quantitative estimate of drug-likeness (QED) is 0.163. The fraction of sp³-hybridized carbons (Fsp3) is 0. The number of rotatable bonds is 5. The summed E-state index contributed by atoms with van der Waals surface area (Å²) in [6.07, 6.45) is 0. The Morgan fingerprint density at radius 3 is 1.28 bits per heavy atom. The maximum Gasteiger partial charge on any atom is 0.226 e. The summed E-state index contributed by atoms with van der Waals surface area (Å²) in [5.41, 5.74) is 27.9. The van der Waals surface area contributed by atoms with Crippen LogP contribution in [0.25, 0.3) is 84.2 Å². The van der Waals surface area contributed by atoms with Gasteiger partial charge in [-0.3, -0.25) is 0 Å². The molecule has 3 aromatic heterocycles. The highest BCUT2D eigenvalue weighted by atomic mass is 16.3. The van der Waals surface area contributed by atoms with Crippen LogP contribution in [-0.2, 0) is 0 Å². The maximum absolute atomic E-state index is 7.01. The van der Waals surface area contributed by atoms with Gasteiger partial charge >= 0.3 is 0 Å². The van der Waals surface area contributed by atoms with Crippen molar-refractivity contribution in [2.24, 2.45) is 0 Å². The van der Waals surface area contributed by atoms with Crippen LogP contribution < -0.4 is 81.9 Å². The van der Waals surface area contributed by atoms with E-state index in [1.165, 1.54) is 87.6 Å². The molecule has 0 unspecified atom stereocenters. The van der Waals surface area contributed by atoms with Crippen LogP contribution in [0.4, 0.5) is 0 Å². The topological polar surface area (TPSA) is 69.6 Å². The van der Waals surface area contributed by atoms with E-state index in [9.17, 15) is 0 Å². The number of nitrogens with zero attached hydrogens (tertiary/aromatic N) is 5. The zero-order valence-corrected chi connectivity index (χ0v) is 38.4. The highest BCUT2D eigenvalue weighted by Gasteiger charge is 2.29. The number of aromatic nitrogens is 5. The summed E-state index contributed by atoms with van der Waals surface area (Å²) in [5.74, 6) is 2.51. The van der Waals surface area contributed by atoms with Crippen molar-refractivity contribution in [3.8, 4) is 51.3 Å². The summed E-state index contributed by atoms with van der Waals surface area (Å²) in [7, 11) is 33.8. The van der Waals surface area contributed by atoms with Crippen molar-refractivity contribution < 1.29 is 4.42 Å². The number of fused-ring (bicyclic) bond motifs is 4. The van der Waals surface area contributed by atoms with Gasteiger partial charge in [0.15, 0.2) is 17.5 Å². The Balaban J connectivity index is 1.33. The highest BCUT2D eigenvalue weighted by Crippen LogP contribution is 2.29. The molecule has 0 aliphatic carbocycles. The van der Waals surface area contributed by atoms with Crippen LogP contribution >= 0.6 is 0 Å². The van der Waals surface area contributed by atoms with E-state index in [1.54, 1.807) is 0 Å². The van der Waals surface area contributed by atoms with Crippen LogP contribution in [0.5, 0.6) is 0 Å². The monoisotopic (exact) mass is 771 g/mol. The van der Waals surface area contributed by atoms with E-state index in [-0.39, 0.29) is 0 Å². The summed E-state index contributed by atoms with van der Waals surface area (Å²) in [5, 5.41) is 2.72. The van der Waals surface area contributed by atoms with Crippen molar-refractivity contribution in [1.82, 2.24) is 24.5 Å². The third-order valence-corrected chi connectivity index (χ3v) is 14.6. The van der Waals surface area contributed by atoms with Crippen molar-refractivity contribution in [2.75, 3.05) is 0 Å². The number of benzene rings is 6. The highest BCUT2D eigenvalue weighted by molar-refractivity contribution is 6.72. The molecule has 0 spiro atoms. The van der Waals surface area contributed by atoms with Gasteiger partial charge in [0, 0.05) is 39.0 Å². The van der Waals surface area contributed by atoms with E-state index in [2.05, 4.69) is 122 Å². The molecule has 0 N–H and O–H groups in total. The molecule has 61 heavy (non-hydrogen) atoms. The van der Waals surface area contributed by atoms with Crippen molar-refractivity contribution in [3.05, 3.63) is 60.7 Å². The smallest absolute Gasteiger partial charge is 0.226 e. The maximum atomic E-state index is 7.01. The van der Waals surface area contributed by atoms with Gasteiger partial charge in [0.25, 0.3) is 0 Å². The van der Waals surface area contributed by atoms with Crippen LogP contribution in [-0.4, -0.2) is 142 Å². The van der Waals surface area contributed by atoms with E-state index in [1.807, 2.05) is 60.7 Å². The first-order chi connectivity index (χ1) is 29.0. The van der Waals surface area contributed by atoms with Crippen molar-refractivity contribution in [1.29, 1.82) is 0 Å². The molecule has 0 aliphatic rings. The second-order valence-electron chi connectivity index (χ2n) is 17.5. The number of hydrogen-bond acceptors (Lipinski definition) is 5. The third-order valence-electron chi connectivity index (χ3n) is 14.6. The van der Waals surface area contributed by atoms with Gasteiger partial charge in [-0.05, 0) is 16.2 Å². The zero-order chi connectivity index (χ0) is 43.5. The summed E-state index contributed by atoms with van der Waals surface area (Å²) >= 11 is 0. The lowest BCUT2D eigenvalue weighted by molar-refractivity contribution is 0.623. The molecule has 9 aromatic rings. The Morgan fingerprint density at radius 2 is 0.787 bits per heavy atom. The van der Waals surface area contributed by atoms with E-state index < -0.39 is 0 Å². The molecule has 0 saturated heterocycles. The van der Waals surface area contributed by atoms with Crippen molar-refractivity contribution in [3.63, 3.8) is 0 Å². The molecule has 6 aromatic carbocycles. The molecular weight excluding hydrogens is 729 g/mol. The molecule has 0 aliphatic heterocycles. The van der Waals surface area contributed by atoms with Crippen molar-refractivity contribution >= 4 is 233 Å². The first-order valence-corrected chi connectivity index (χ1v) is 21.4. The molecule has 21 heteroatoms. The first kappa shape index (κ1) is 41.0. The predicted octanol–water partition coefficient (Wildman–Crippen LogP) is -16.3. The Kier molecular flexibility index (Phi) is 9.99. The van der Waals surface area contributed by atoms with Gasteiger partial charge in [-0.1, -0.05) is 126 Å². The Bertz CT molecular complexity index is 3240. The summed E-state index contributed by atoms with van der Waals surface area (Å²) in [4.78, 5) is 20.7. The van der Waals surface area contributed by atoms with E-state index in [0.717, 1.165) is 55.2 Å². The average Bonchev–Trinajstić information content (AvgIpc) is 3.87. The Labute approximate surface area is 371 Å². The lowest BCUT2D eigenvalue weighted by Gasteiger charge is -2.24. The molecule has 0 radical (unpaired) electrons. The first-order valence-electron chi connectivity index (χ1n) is 21.4. The lowest BCUT2D eigenvalue weighted by atomic mass is 9.63. The fourth-order valence-electron chi connectivity index (χ4n) is 10.0. The summed E-state index contributed by atoms with van der Waals surface area (Å²) < 4.78 is 9.61. The van der Waals surface area contributed by atoms with Crippen LogP contribution in [0.15, 0.2) is 65.1 Å². The molecule has 0 saturated carbocycles. The van der Waals surface area contributed by atoms with Crippen LogP contribution in [0.1, 0.15) is 0 Å². The van der Waals surface area contributed by atoms with Gasteiger partial charge < -0.3 is 8.98 Å². The second kappa shape index (κ2) is 14.9. The molecule has 6 nitrogen and oxygen atoms in total. The van der Waals surface area contributed by atoms with E-state index >= 15 is 0 Å². The normalized spacial score (nSPS) is 11.6. The minimum Gasteiger partial charge on any atom is -0.437 e. The molecule has 0 fully saturated rings. The van der Waals surface area contributed by atoms with Gasteiger partial charge in [0.2, 0.25) is 5.89 Å². The standard InChI is InChI=1S/C40H40B15N5O/c41-17-13-14-18(42)24(48)27(51)29(53)34(14)60(33(13)28(52)26(50)23(17)47)35-22(46)16(20(44)25(49)30(35)54)40-56-32-21(45)15(19(43)31(55)36(32)61-40)39-58-37(11-7-3-1-4-8-11)57-38(59-39)12-9-5-2-6-10-12/h1-10H,41-55H2. The fourth-order valence-corrected chi connectivity index (χ4v) is 10.0. The lowest BCUT2D eigenvalue weighted by Crippen LogP contribution is -2.50. The number of hydrogen-bond donors (Lipinski definition) is 0. The molecule has 9 rings (SSSR count). The Morgan fingerprint density at radius 1 is 0.361 bits per heavy atom. The minimum atomic E-state index is 0.622. The van der Waals surface area contributed by atoms with E-state index in [0.29, 0.717) is 23.4 Å². The van der Waals surface area contributed by atoms with Crippen LogP contribution in [0.2, 0.25) is 0 Å². The SMILES string of the molecule is Bc1c(B)c(-c2nc3c(B)c(-c4nc(-c5ccccc5)nc(-c5ccccc5)n4)c(B)c(B)c3o2)c(B)c(-n2c3c(B)c(B)c(B)c(B)c3c3c(B)c(B)c(B)c(B)c32)c1B. The molecule has 276 valence electrons. The molecule has 3 heterocycles. The van der Waals surface area contributed by atoms with Gasteiger partial charge in [-0.2, -0.15) is 0 Å². The summed E-state index contributed by atoms with van der Waals surface area (Å²) in [6.45, 7) is 0. The molecule has 0 bridgehead atoms. The molecular formula is C40H40B15N5O. The average molecular weight is 769 g/mol. The van der Waals surface area contributed by atoms with Crippen LogP contribution in [0, 0.1) is 0 Å².